The smallest absolute Gasteiger partial charge is 0.00950 e. The van der Waals surface area contributed by atoms with Crippen molar-refractivity contribution in [2.75, 3.05) is 7.05 Å². The Kier molecular flexibility index (Phi) is 2.59. The zero-order chi connectivity index (χ0) is 6.27. The first-order chi connectivity index (χ1) is 4.40. The first kappa shape index (κ1) is 8.35. The van der Waals surface area contributed by atoms with Gasteiger partial charge in [-0.05, 0) is 38.1 Å². The first-order valence-electron chi connectivity index (χ1n) is 4.07. The molecule has 0 saturated heterocycles. The fourth-order valence-electron chi connectivity index (χ4n) is 2.60. The molecule has 2 rings (SSSR count). The molecule has 10 heavy (non-hydrogen) atoms. The lowest BCUT2D eigenvalue weighted by molar-refractivity contribution is 0.372. The van der Waals surface area contributed by atoms with E-state index in [1.54, 1.807) is 0 Å². The number of halogens is 1. The molecule has 2 heteroatoms. The zero-order valence-electron chi connectivity index (χ0n) is 6.47. The Morgan fingerprint density at radius 3 is 2.30 bits per heavy atom. The molecule has 0 radical (unpaired) electrons. The fraction of sp³-hybridized carbons (Fsp3) is 1.00. The van der Waals surface area contributed by atoms with Crippen LogP contribution in [0.15, 0.2) is 0 Å². The van der Waals surface area contributed by atoms with Gasteiger partial charge in [0.25, 0.3) is 0 Å². The molecule has 0 aromatic heterocycles. The summed E-state index contributed by atoms with van der Waals surface area (Å²) < 4.78 is 0. The van der Waals surface area contributed by atoms with E-state index < -0.39 is 0 Å². The Balaban J connectivity index is 0.000000500. The molecule has 0 aromatic carbocycles. The fourth-order valence-corrected chi connectivity index (χ4v) is 2.60. The standard InChI is InChI=1S/C8H15N.ClH/c1-9-8-5-6-2-3-7(8)4-6;/h6-9H,2-5H2,1H3;1H/t6-,7+,8-;/m0./s1. The van der Waals surface area contributed by atoms with Crippen LogP contribution in [0.25, 0.3) is 0 Å². The van der Waals surface area contributed by atoms with E-state index in [0.717, 1.165) is 17.9 Å². The van der Waals surface area contributed by atoms with Gasteiger partial charge < -0.3 is 5.32 Å². The second-order valence-electron chi connectivity index (χ2n) is 3.57. The van der Waals surface area contributed by atoms with E-state index >= 15 is 0 Å². The number of rotatable bonds is 1. The Bertz CT molecular complexity index is 116. The average molecular weight is 162 g/mol. The Morgan fingerprint density at radius 1 is 1.20 bits per heavy atom. The molecule has 0 aromatic rings. The highest BCUT2D eigenvalue weighted by Crippen LogP contribution is 2.44. The van der Waals surface area contributed by atoms with Crippen molar-refractivity contribution >= 4 is 12.4 Å². The number of fused-ring (bicyclic) bond motifs is 2. The van der Waals surface area contributed by atoms with Crippen LogP contribution in [0, 0.1) is 11.8 Å². The largest absolute Gasteiger partial charge is 0.317 e. The van der Waals surface area contributed by atoms with Crippen LogP contribution in [0.3, 0.4) is 0 Å². The molecular formula is C8H16ClN. The summed E-state index contributed by atoms with van der Waals surface area (Å²) in [6.45, 7) is 0. The van der Waals surface area contributed by atoms with E-state index in [9.17, 15) is 0 Å². The highest BCUT2D eigenvalue weighted by molar-refractivity contribution is 5.85. The molecular weight excluding hydrogens is 146 g/mol. The van der Waals surface area contributed by atoms with Gasteiger partial charge in [-0.1, -0.05) is 6.42 Å². The minimum Gasteiger partial charge on any atom is -0.317 e. The van der Waals surface area contributed by atoms with Crippen LogP contribution in [0.4, 0.5) is 0 Å². The van der Waals surface area contributed by atoms with Gasteiger partial charge in [0.2, 0.25) is 0 Å². The van der Waals surface area contributed by atoms with Gasteiger partial charge in [0.05, 0.1) is 0 Å². The summed E-state index contributed by atoms with van der Waals surface area (Å²) >= 11 is 0. The van der Waals surface area contributed by atoms with E-state index in [4.69, 9.17) is 0 Å². The predicted molar refractivity (Wildman–Crippen MR) is 45.5 cm³/mol. The molecule has 0 aliphatic heterocycles. The quantitative estimate of drug-likeness (QED) is 0.619. The molecule has 60 valence electrons. The Morgan fingerprint density at radius 2 is 2.00 bits per heavy atom. The maximum absolute atomic E-state index is 3.40. The molecule has 0 unspecified atom stereocenters. The lowest BCUT2D eigenvalue weighted by atomic mass is 9.96. The highest BCUT2D eigenvalue weighted by atomic mass is 35.5. The molecule has 0 spiro atoms. The van der Waals surface area contributed by atoms with Crippen LogP contribution in [-0.2, 0) is 0 Å². The molecule has 3 atom stereocenters. The van der Waals surface area contributed by atoms with Gasteiger partial charge in [0.15, 0.2) is 0 Å². The van der Waals surface area contributed by atoms with Crippen molar-refractivity contribution in [3.63, 3.8) is 0 Å². The maximum Gasteiger partial charge on any atom is 0.00950 e. The molecule has 2 saturated carbocycles. The normalized spacial score (nSPS) is 43.5. The third-order valence-corrected chi connectivity index (χ3v) is 3.11. The second kappa shape index (κ2) is 3.10. The molecule has 2 bridgehead atoms. The molecule has 0 amide bonds. The average Bonchev–Trinajstić information content (AvgIpc) is 2.45. The summed E-state index contributed by atoms with van der Waals surface area (Å²) in [5.41, 5.74) is 0. The van der Waals surface area contributed by atoms with Gasteiger partial charge in [-0.25, -0.2) is 0 Å². The lowest BCUT2D eigenvalue weighted by Gasteiger charge is -2.20. The van der Waals surface area contributed by atoms with Crippen LogP contribution in [0.2, 0.25) is 0 Å². The minimum absolute atomic E-state index is 0. The Hall–Kier alpha value is 0.250. The molecule has 2 aliphatic rings. The lowest BCUT2D eigenvalue weighted by Crippen LogP contribution is -2.30. The monoisotopic (exact) mass is 161 g/mol. The Labute approximate surface area is 69.0 Å². The van der Waals surface area contributed by atoms with Gasteiger partial charge in [-0.3, -0.25) is 0 Å². The molecule has 1 N–H and O–H groups in total. The van der Waals surface area contributed by atoms with Crippen LogP contribution < -0.4 is 5.32 Å². The van der Waals surface area contributed by atoms with Crippen LogP contribution in [0.5, 0.6) is 0 Å². The summed E-state index contributed by atoms with van der Waals surface area (Å²) in [6.07, 6.45) is 5.99. The van der Waals surface area contributed by atoms with Crippen molar-refractivity contribution in [2.45, 2.75) is 31.7 Å². The van der Waals surface area contributed by atoms with E-state index in [2.05, 4.69) is 12.4 Å². The zero-order valence-corrected chi connectivity index (χ0v) is 7.29. The van der Waals surface area contributed by atoms with E-state index in [-0.39, 0.29) is 12.4 Å². The van der Waals surface area contributed by atoms with E-state index in [0.29, 0.717) is 0 Å². The van der Waals surface area contributed by atoms with Crippen molar-refractivity contribution in [3.05, 3.63) is 0 Å². The van der Waals surface area contributed by atoms with Crippen molar-refractivity contribution in [1.29, 1.82) is 0 Å². The second-order valence-corrected chi connectivity index (χ2v) is 3.57. The van der Waals surface area contributed by atoms with Gasteiger partial charge in [-0.15, -0.1) is 12.4 Å². The van der Waals surface area contributed by atoms with E-state index in [1.165, 1.54) is 25.7 Å². The predicted octanol–water partition coefficient (Wildman–Crippen LogP) is 1.82. The van der Waals surface area contributed by atoms with Crippen LogP contribution in [0.1, 0.15) is 25.7 Å². The van der Waals surface area contributed by atoms with Crippen molar-refractivity contribution in [2.24, 2.45) is 11.8 Å². The van der Waals surface area contributed by atoms with Crippen molar-refractivity contribution in [3.8, 4) is 0 Å². The number of nitrogens with one attached hydrogen (secondary N) is 1. The van der Waals surface area contributed by atoms with Gasteiger partial charge in [0.1, 0.15) is 0 Å². The summed E-state index contributed by atoms with van der Waals surface area (Å²) in [7, 11) is 2.10. The number of hydrogen-bond donors (Lipinski definition) is 1. The number of hydrogen-bond acceptors (Lipinski definition) is 1. The first-order valence-corrected chi connectivity index (χ1v) is 4.07. The van der Waals surface area contributed by atoms with Crippen molar-refractivity contribution < 1.29 is 0 Å². The third-order valence-electron chi connectivity index (χ3n) is 3.11. The maximum atomic E-state index is 3.40. The highest BCUT2D eigenvalue weighted by Gasteiger charge is 2.38. The van der Waals surface area contributed by atoms with Crippen LogP contribution in [-0.4, -0.2) is 13.1 Å². The summed E-state index contributed by atoms with van der Waals surface area (Å²) in [5.74, 6) is 2.13. The molecule has 0 heterocycles. The summed E-state index contributed by atoms with van der Waals surface area (Å²) in [4.78, 5) is 0. The van der Waals surface area contributed by atoms with Gasteiger partial charge in [0, 0.05) is 6.04 Å². The third kappa shape index (κ3) is 1.17. The summed E-state index contributed by atoms with van der Waals surface area (Å²) in [6, 6.07) is 0.878. The molecule has 2 fully saturated rings. The molecule has 1 nitrogen and oxygen atoms in total. The molecule has 2 aliphatic carbocycles. The van der Waals surface area contributed by atoms with Crippen molar-refractivity contribution in [1.82, 2.24) is 5.32 Å². The topological polar surface area (TPSA) is 12.0 Å². The minimum atomic E-state index is 0. The summed E-state index contributed by atoms with van der Waals surface area (Å²) in [5, 5.41) is 3.40. The van der Waals surface area contributed by atoms with Crippen LogP contribution >= 0.6 is 12.4 Å². The van der Waals surface area contributed by atoms with E-state index in [1.807, 2.05) is 0 Å². The van der Waals surface area contributed by atoms with Gasteiger partial charge in [-0.2, -0.15) is 0 Å². The van der Waals surface area contributed by atoms with Gasteiger partial charge >= 0.3 is 0 Å². The SMILES string of the molecule is CN[C@H]1C[C@H]2CC[C@@H]1C2.Cl.